The van der Waals surface area contributed by atoms with E-state index in [1.54, 1.807) is 24.3 Å². The standard InChI is InChI=1S/C17H25N3O3/c1-17(2)11-20(8-6-14(17)18)15(21)7-9-23-13-5-3-4-12(10-13)16(19)22/h3-5,10,14H,6-9,11,18H2,1-2H3,(H2,19,22). The van der Waals surface area contributed by atoms with Crippen molar-refractivity contribution in [3.8, 4) is 5.75 Å². The largest absolute Gasteiger partial charge is 0.493 e. The fourth-order valence-electron chi connectivity index (χ4n) is 2.74. The van der Waals surface area contributed by atoms with E-state index in [-0.39, 0.29) is 24.0 Å². The van der Waals surface area contributed by atoms with Crippen molar-refractivity contribution in [2.24, 2.45) is 16.9 Å². The highest BCUT2D eigenvalue weighted by Crippen LogP contribution is 2.28. The lowest BCUT2D eigenvalue weighted by Crippen LogP contribution is -2.54. The van der Waals surface area contributed by atoms with Crippen LogP contribution in [0.3, 0.4) is 0 Å². The van der Waals surface area contributed by atoms with Gasteiger partial charge in [0.25, 0.3) is 0 Å². The highest BCUT2D eigenvalue weighted by Gasteiger charge is 2.35. The number of primary amides is 1. The zero-order chi connectivity index (χ0) is 17.0. The molecule has 2 amide bonds. The van der Waals surface area contributed by atoms with Crippen molar-refractivity contribution >= 4 is 11.8 Å². The molecule has 0 aromatic heterocycles. The summed E-state index contributed by atoms with van der Waals surface area (Å²) < 4.78 is 5.55. The average molecular weight is 319 g/mol. The minimum Gasteiger partial charge on any atom is -0.493 e. The monoisotopic (exact) mass is 319 g/mol. The topological polar surface area (TPSA) is 98.6 Å². The molecule has 1 saturated heterocycles. The predicted molar refractivity (Wildman–Crippen MR) is 88.0 cm³/mol. The molecule has 6 heteroatoms. The van der Waals surface area contributed by atoms with Crippen molar-refractivity contribution in [3.63, 3.8) is 0 Å². The minimum absolute atomic E-state index is 0.0649. The van der Waals surface area contributed by atoms with Crippen molar-refractivity contribution in [3.05, 3.63) is 29.8 Å². The molecule has 0 aliphatic carbocycles. The number of carbonyl (C=O) groups is 2. The summed E-state index contributed by atoms with van der Waals surface area (Å²) in [5, 5.41) is 0. The Bertz CT molecular complexity index is 586. The summed E-state index contributed by atoms with van der Waals surface area (Å²) in [6, 6.07) is 6.76. The van der Waals surface area contributed by atoms with Gasteiger partial charge in [0.05, 0.1) is 13.0 Å². The SMILES string of the molecule is CC1(C)CN(C(=O)CCOc2cccc(C(N)=O)c2)CCC1N. The van der Waals surface area contributed by atoms with Crippen LogP contribution >= 0.6 is 0 Å². The molecule has 126 valence electrons. The van der Waals surface area contributed by atoms with E-state index in [9.17, 15) is 9.59 Å². The van der Waals surface area contributed by atoms with Crippen LogP contribution in [-0.4, -0.2) is 42.5 Å². The van der Waals surface area contributed by atoms with Gasteiger partial charge >= 0.3 is 0 Å². The van der Waals surface area contributed by atoms with Crippen LogP contribution in [0.25, 0.3) is 0 Å². The van der Waals surface area contributed by atoms with Gasteiger partial charge in [-0.05, 0) is 30.0 Å². The lowest BCUT2D eigenvalue weighted by Gasteiger charge is -2.42. The van der Waals surface area contributed by atoms with Crippen LogP contribution in [-0.2, 0) is 4.79 Å². The first-order valence-electron chi connectivity index (χ1n) is 7.85. The summed E-state index contributed by atoms with van der Waals surface area (Å²) in [6.45, 7) is 5.81. The molecule has 23 heavy (non-hydrogen) atoms. The number of ether oxygens (including phenoxy) is 1. The number of carbonyl (C=O) groups excluding carboxylic acids is 2. The number of hydrogen-bond donors (Lipinski definition) is 2. The first-order valence-corrected chi connectivity index (χ1v) is 7.85. The molecule has 0 saturated carbocycles. The van der Waals surface area contributed by atoms with Crippen molar-refractivity contribution in [2.75, 3.05) is 19.7 Å². The number of rotatable bonds is 5. The fraction of sp³-hybridized carbons (Fsp3) is 0.529. The van der Waals surface area contributed by atoms with E-state index in [1.165, 1.54) is 0 Å². The van der Waals surface area contributed by atoms with Gasteiger partial charge in [0, 0.05) is 24.7 Å². The smallest absolute Gasteiger partial charge is 0.248 e. The molecule has 4 N–H and O–H groups in total. The van der Waals surface area contributed by atoms with E-state index in [2.05, 4.69) is 13.8 Å². The molecule has 1 aliphatic rings. The zero-order valence-electron chi connectivity index (χ0n) is 13.7. The van der Waals surface area contributed by atoms with Gasteiger partial charge in [0.2, 0.25) is 11.8 Å². The van der Waals surface area contributed by atoms with Gasteiger partial charge in [-0.2, -0.15) is 0 Å². The summed E-state index contributed by atoms with van der Waals surface area (Å²) in [4.78, 5) is 25.3. The van der Waals surface area contributed by atoms with Crippen LogP contribution in [0.15, 0.2) is 24.3 Å². The van der Waals surface area contributed by atoms with Gasteiger partial charge in [-0.25, -0.2) is 0 Å². The highest BCUT2D eigenvalue weighted by atomic mass is 16.5. The summed E-state index contributed by atoms with van der Waals surface area (Å²) >= 11 is 0. The number of hydrogen-bond acceptors (Lipinski definition) is 4. The van der Waals surface area contributed by atoms with E-state index in [4.69, 9.17) is 16.2 Å². The molecule has 1 unspecified atom stereocenters. The fourth-order valence-corrected chi connectivity index (χ4v) is 2.74. The highest BCUT2D eigenvalue weighted by molar-refractivity contribution is 5.93. The lowest BCUT2D eigenvalue weighted by molar-refractivity contribution is -0.135. The summed E-state index contributed by atoms with van der Waals surface area (Å²) in [6.07, 6.45) is 1.12. The van der Waals surface area contributed by atoms with E-state index in [0.717, 1.165) is 6.42 Å². The number of piperidine rings is 1. The van der Waals surface area contributed by atoms with Gasteiger partial charge in [0.1, 0.15) is 5.75 Å². The Morgan fingerprint density at radius 3 is 2.78 bits per heavy atom. The van der Waals surface area contributed by atoms with Crippen molar-refractivity contribution in [2.45, 2.75) is 32.7 Å². The third kappa shape index (κ3) is 4.45. The van der Waals surface area contributed by atoms with Gasteiger partial charge in [-0.3, -0.25) is 9.59 Å². The molecular weight excluding hydrogens is 294 g/mol. The molecule has 0 bridgehead atoms. The Labute approximate surface area is 136 Å². The molecule has 1 atom stereocenters. The Hall–Kier alpha value is -2.08. The van der Waals surface area contributed by atoms with Crippen LogP contribution in [0, 0.1) is 5.41 Å². The molecule has 0 spiro atoms. The molecule has 1 aromatic rings. The van der Waals surface area contributed by atoms with Crippen LogP contribution in [0.2, 0.25) is 0 Å². The van der Waals surface area contributed by atoms with E-state index < -0.39 is 5.91 Å². The zero-order valence-corrected chi connectivity index (χ0v) is 13.7. The quantitative estimate of drug-likeness (QED) is 0.850. The van der Waals surface area contributed by atoms with Gasteiger partial charge in [-0.15, -0.1) is 0 Å². The number of nitrogens with two attached hydrogens (primary N) is 2. The third-order valence-corrected chi connectivity index (χ3v) is 4.37. The third-order valence-electron chi connectivity index (χ3n) is 4.37. The molecule has 2 rings (SSSR count). The van der Waals surface area contributed by atoms with E-state index in [0.29, 0.717) is 30.8 Å². The van der Waals surface area contributed by atoms with Crippen LogP contribution < -0.4 is 16.2 Å². The normalized spacial score (nSPS) is 20.1. The van der Waals surface area contributed by atoms with Crippen LogP contribution in [0.1, 0.15) is 37.0 Å². The van der Waals surface area contributed by atoms with Crippen LogP contribution in [0.4, 0.5) is 0 Å². The maximum absolute atomic E-state index is 12.3. The second kappa shape index (κ2) is 7.00. The maximum atomic E-state index is 12.3. The Morgan fingerprint density at radius 1 is 1.39 bits per heavy atom. The molecule has 6 nitrogen and oxygen atoms in total. The van der Waals surface area contributed by atoms with Crippen LogP contribution in [0.5, 0.6) is 5.75 Å². The van der Waals surface area contributed by atoms with Gasteiger partial charge < -0.3 is 21.1 Å². The first kappa shape index (κ1) is 17.3. The van der Waals surface area contributed by atoms with E-state index in [1.807, 2.05) is 4.90 Å². The van der Waals surface area contributed by atoms with Crippen molar-refractivity contribution in [1.82, 2.24) is 4.90 Å². The predicted octanol–water partition coefficient (Wildman–Crippen LogP) is 1.14. The molecule has 1 aliphatic heterocycles. The number of nitrogens with zero attached hydrogens (tertiary/aromatic N) is 1. The summed E-state index contributed by atoms with van der Waals surface area (Å²) in [5.74, 6) is 0.101. The number of likely N-dealkylation sites (tertiary alicyclic amines) is 1. The average Bonchev–Trinajstić information content (AvgIpc) is 2.50. The van der Waals surface area contributed by atoms with Crippen molar-refractivity contribution < 1.29 is 14.3 Å². The second-order valence-electron chi connectivity index (χ2n) is 6.69. The molecular formula is C17H25N3O3. The van der Waals surface area contributed by atoms with Gasteiger partial charge in [0.15, 0.2) is 0 Å². The van der Waals surface area contributed by atoms with Gasteiger partial charge in [-0.1, -0.05) is 19.9 Å². The lowest BCUT2D eigenvalue weighted by atomic mass is 9.79. The molecule has 1 fully saturated rings. The Morgan fingerprint density at radius 2 is 2.13 bits per heavy atom. The molecule has 0 radical (unpaired) electrons. The number of amides is 2. The Kier molecular flexibility index (Phi) is 5.26. The van der Waals surface area contributed by atoms with Crippen molar-refractivity contribution in [1.29, 1.82) is 0 Å². The molecule has 1 heterocycles. The summed E-state index contributed by atoms with van der Waals surface area (Å²) in [5.41, 5.74) is 11.6. The Balaban J connectivity index is 1.83. The maximum Gasteiger partial charge on any atom is 0.248 e. The minimum atomic E-state index is -0.501. The second-order valence-corrected chi connectivity index (χ2v) is 6.69. The first-order chi connectivity index (χ1) is 10.8. The molecule has 1 aromatic carbocycles. The van der Waals surface area contributed by atoms with E-state index >= 15 is 0 Å². The summed E-state index contributed by atoms with van der Waals surface area (Å²) in [7, 11) is 0. The number of benzene rings is 1.